The Labute approximate surface area is 92.1 Å². The Morgan fingerprint density at radius 1 is 1.38 bits per heavy atom. The van der Waals surface area contributed by atoms with Gasteiger partial charge < -0.3 is 26.2 Å². The van der Waals surface area contributed by atoms with Gasteiger partial charge in [0, 0.05) is 0 Å². The van der Waals surface area contributed by atoms with Crippen molar-refractivity contribution in [3.63, 3.8) is 0 Å². The molecular weight excluding hydrogens is 218 g/mol. The van der Waals surface area contributed by atoms with Crippen molar-refractivity contribution in [3.05, 3.63) is 0 Å². The molecule has 8 nitrogen and oxygen atoms in total. The lowest BCUT2D eigenvalue weighted by Gasteiger charge is -2.21. The molecule has 16 heavy (non-hydrogen) atoms. The van der Waals surface area contributed by atoms with Crippen molar-refractivity contribution in [1.82, 2.24) is 10.6 Å². The van der Waals surface area contributed by atoms with Gasteiger partial charge in [0.05, 0.1) is 6.54 Å². The average Bonchev–Trinajstić information content (AvgIpc) is 2.11. The first kappa shape index (κ1) is 14.0. The number of carboxylic acids is 1. The summed E-state index contributed by atoms with van der Waals surface area (Å²) in [4.78, 5) is 32.0. The van der Waals surface area contributed by atoms with Gasteiger partial charge in [0.2, 0.25) is 0 Å². The molecule has 3 amide bonds. The van der Waals surface area contributed by atoms with E-state index in [1.165, 1.54) is 13.8 Å². The van der Waals surface area contributed by atoms with Crippen molar-refractivity contribution in [2.75, 3.05) is 13.2 Å². The van der Waals surface area contributed by atoms with Crippen molar-refractivity contribution in [1.29, 1.82) is 0 Å². The van der Waals surface area contributed by atoms with Crippen LogP contribution in [-0.2, 0) is 9.53 Å². The molecule has 0 heterocycles. The second-order valence-corrected chi connectivity index (χ2v) is 3.48. The molecule has 0 saturated heterocycles. The molecule has 0 fully saturated rings. The van der Waals surface area contributed by atoms with Gasteiger partial charge in [-0.3, -0.25) is 0 Å². The number of rotatable bonds is 5. The van der Waals surface area contributed by atoms with Crippen LogP contribution in [0.5, 0.6) is 0 Å². The van der Waals surface area contributed by atoms with Crippen LogP contribution in [0.15, 0.2) is 0 Å². The molecule has 5 N–H and O–H groups in total. The van der Waals surface area contributed by atoms with Crippen molar-refractivity contribution < 1.29 is 24.2 Å². The fourth-order valence-corrected chi connectivity index (χ4v) is 0.698. The third-order valence-electron chi connectivity index (χ3n) is 1.59. The molecule has 0 aromatic rings. The van der Waals surface area contributed by atoms with Crippen LogP contribution in [0.25, 0.3) is 0 Å². The van der Waals surface area contributed by atoms with Crippen LogP contribution in [0.3, 0.4) is 0 Å². The third kappa shape index (κ3) is 5.68. The standard InChI is InChI=1S/C8H15N3O5/c1-8(2,5(12)13)11-7(15)10-3-4-16-6(9)14/h3-4H2,1-2H3,(H2,9,14)(H,12,13)(H2,10,11,15). The summed E-state index contributed by atoms with van der Waals surface area (Å²) in [5.74, 6) is -1.16. The molecule has 0 rings (SSSR count). The quantitative estimate of drug-likeness (QED) is 0.464. The Balaban J connectivity index is 3.83. The van der Waals surface area contributed by atoms with Crippen molar-refractivity contribution in [2.24, 2.45) is 5.73 Å². The molecule has 0 atom stereocenters. The van der Waals surface area contributed by atoms with E-state index in [1.54, 1.807) is 0 Å². The number of carbonyl (C=O) groups is 3. The van der Waals surface area contributed by atoms with Crippen LogP contribution in [0.2, 0.25) is 0 Å². The summed E-state index contributed by atoms with van der Waals surface area (Å²) >= 11 is 0. The Morgan fingerprint density at radius 3 is 2.38 bits per heavy atom. The van der Waals surface area contributed by atoms with E-state index in [-0.39, 0.29) is 13.2 Å². The predicted octanol–water partition coefficient (Wildman–Crippen LogP) is -0.756. The number of nitrogens with two attached hydrogens (primary N) is 1. The highest BCUT2D eigenvalue weighted by Crippen LogP contribution is 2.00. The van der Waals surface area contributed by atoms with Gasteiger partial charge in [-0.2, -0.15) is 0 Å². The SMILES string of the molecule is CC(C)(NC(=O)NCCOC(N)=O)C(=O)O. The zero-order valence-electron chi connectivity index (χ0n) is 9.07. The van der Waals surface area contributed by atoms with Gasteiger partial charge >= 0.3 is 18.1 Å². The fraction of sp³-hybridized carbons (Fsp3) is 0.625. The van der Waals surface area contributed by atoms with E-state index in [0.717, 1.165) is 0 Å². The van der Waals surface area contributed by atoms with E-state index in [2.05, 4.69) is 21.1 Å². The fourth-order valence-electron chi connectivity index (χ4n) is 0.698. The summed E-state index contributed by atoms with van der Waals surface area (Å²) in [6.07, 6.45) is -0.937. The number of aliphatic carboxylic acids is 1. The lowest BCUT2D eigenvalue weighted by molar-refractivity contribution is -0.142. The van der Waals surface area contributed by atoms with Crippen molar-refractivity contribution in [3.8, 4) is 0 Å². The molecule has 0 spiro atoms. The van der Waals surface area contributed by atoms with Crippen LogP contribution in [0.4, 0.5) is 9.59 Å². The normalized spacial score (nSPS) is 10.4. The highest BCUT2D eigenvalue weighted by molar-refractivity contribution is 5.85. The summed E-state index contributed by atoms with van der Waals surface area (Å²) in [7, 11) is 0. The largest absolute Gasteiger partial charge is 0.480 e. The lowest BCUT2D eigenvalue weighted by atomic mass is 10.1. The van der Waals surface area contributed by atoms with Crippen LogP contribution in [-0.4, -0.2) is 41.9 Å². The smallest absolute Gasteiger partial charge is 0.404 e. The van der Waals surface area contributed by atoms with Gasteiger partial charge in [0.15, 0.2) is 0 Å². The Kier molecular flexibility index (Phi) is 5.07. The van der Waals surface area contributed by atoms with Crippen LogP contribution in [0.1, 0.15) is 13.8 Å². The van der Waals surface area contributed by atoms with E-state index in [9.17, 15) is 14.4 Å². The predicted molar refractivity (Wildman–Crippen MR) is 53.8 cm³/mol. The Bertz CT molecular complexity index is 289. The van der Waals surface area contributed by atoms with Crippen molar-refractivity contribution >= 4 is 18.1 Å². The van der Waals surface area contributed by atoms with E-state index in [0.29, 0.717) is 0 Å². The summed E-state index contributed by atoms with van der Waals surface area (Å²) in [6.45, 7) is 2.66. The molecule has 0 aromatic heterocycles. The number of amides is 3. The maximum atomic E-state index is 11.2. The van der Waals surface area contributed by atoms with Gasteiger partial charge in [0.1, 0.15) is 12.1 Å². The summed E-state index contributed by atoms with van der Waals surface area (Å²) < 4.78 is 4.35. The molecule has 0 aromatic carbocycles. The van der Waals surface area contributed by atoms with Gasteiger partial charge in [-0.05, 0) is 13.8 Å². The zero-order valence-corrected chi connectivity index (χ0v) is 9.07. The van der Waals surface area contributed by atoms with Crippen LogP contribution < -0.4 is 16.4 Å². The first-order valence-electron chi connectivity index (χ1n) is 4.47. The van der Waals surface area contributed by atoms with E-state index in [1.807, 2.05) is 0 Å². The maximum Gasteiger partial charge on any atom is 0.404 e. The summed E-state index contributed by atoms with van der Waals surface area (Å²) in [5, 5.41) is 13.2. The first-order chi connectivity index (χ1) is 7.25. The number of hydrogen-bond donors (Lipinski definition) is 4. The number of carbonyl (C=O) groups excluding carboxylic acids is 2. The number of nitrogens with one attached hydrogen (secondary N) is 2. The molecule has 0 radical (unpaired) electrons. The summed E-state index contributed by atoms with van der Waals surface area (Å²) in [6, 6.07) is -0.666. The third-order valence-corrected chi connectivity index (χ3v) is 1.59. The molecule has 0 unspecified atom stereocenters. The van der Waals surface area contributed by atoms with Crippen LogP contribution in [0, 0.1) is 0 Å². The molecule has 0 aliphatic heterocycles. The lowest BCUT2D eigenvalue weighted by Crippen LogP contribution is -2.53. The minimum atomic E-state index is -1.37. The minimum Gasteiger partial charge on any atom is -0.480 e. The Hall–Kier alpha value is -1.99. The summed E-state index contributed by atoms with van der Waals surface area (Å²) in [5.41, 5.74) is 3.32. The van der Waals surface area contributed by atoms with E-state index >= 15 is 0 Å². The van der Waals surface area contributed by atoms with Crippen LogP contribution >= 0.6 is 0 Å². The second kappa shape index (κ2) is 5.79. The molecule has 0 saturated carbocycles. The van der Waals surface area contributed by atoms with Gasteiger partial charge in [-0.15, -0.1) is 0 Å². The number of carboxylic acid groups (broad SMARTS) is 1. The first-order valence-corrected chi connectivity index (χ1v) is 4.47. The maximum absolute atomic E-state index is 11.2. The molecule has 0 aliphatic rings. The highest BCUT2D eigenvalue weighted by atomic mass is 16.5. The zero-order chi connectivity index (χ0) is 12.8. The number of hydrogen-bond acceptors (Lipinski definition) is 4. The molecule has 8 heteroatoms. The minimum absolute atomic E-state index is 0.0461. The Morgan fingerprint density at radius 2 is 1.94 bits per heavy atom. The molecule has 92 valence electrons. The average molecular weight is 233 g/mol. The second-order valence-electron chi connectivity index (χ2n) is 3.48. The number of primary amides is 1. The molecule has 0 bridgehead atoms. The molecular formula is C8H15N3O5. The van der Waals surface area contributed by atoms with Gasteiger partial charge in [-0.25, -0.2) is 14.4 Å². The van der Waals surface area contributed by atoms with Crippen molar-refractivity contribution in [2.45, 2.75) is 19.4 Å². The topological polar surface area (TPSA) is 131 Å². The van der Waals surface area contributed by atoms with Gasteiger partial charge in [0.25, 0.3) is 0 Å². The number of ether oxygens (including phenoxy) is 1. The van der Waals surface area contributed by atoms with E-state index < -0.39 is 23.6 Å². The van der Waals surface area contributed by atoms with Gasteiger partial charge in [-0.1, -0.05) is 0 Å². The highest BCUT2D eigenvalue weighted by Gasteiger charge is 2.28. The number of urea groups is 1. The molecule has 0 aliphatic carbocycles. The van der Waals surface area contributed by atoms with E-state index in [4.69, 9.17) is 5.11 Å². The monoisotopic (exact) mass is 233 g/mol.